The first-order valence-electron chi connectivity index (χ1n) is 4.90. The molecule has 0 fully saturated rings. The molecule has 2 nitrogen and oxygen atoms in total. The molecule has 3 N–H and O–H groups in total. The van der Waals surface area contributed by atoms with Crippen LogP contribution in [0.2, 0.25) is 0 Å². The van der Waals surface area contributed by atoms with E-state index in [2.05, 4.69) is 18.8 Å². The van der Waals surface area contributed by atoms with Crippen LogP contribution in [0.3, 0.4) is 0 Å². The Kier molecular flexibility index (Phi) is 3.57. The largest absolute Gasteiger partial charge is 0.397 e. The number of benzene rings is 1. The van der Waals surface area contributed by atoms with Gasteiger partial charge in [0.25, 0.3) is 0 Å². The Bertz CT molecular complexity index is 329. The van der Waals surface area contributed by atoms with Gasteiger partial charge in [-0.1, -0.05) is 25.1 Å². The van der Waals surface area contributed by atoms with E-state index in [-0.39, 0.29) is 0 Å². The molecule has 1 aromatic rings. The molecule has 2 heteroatoms. The summed E-state index contributed by atoms with van der Waals surface area (Å²) in [5, 5.41) is 3.27. The number of nitrogens with two attached hydrogens (primary N) is 1. The topological polar surface area (TPSA) is 38.0 Å². The molecule has 0 heterocycles. The molecule has 1 rings (SSSR count). The summed E-state index contributed by atoms with van der Waals surface area (Å²) in [6.07, 6.45) is 0.999. The Morgan fingerprint density at radius 1 is 1.50 bits per heavy atom. The van der Waals surface area contributed by atoms with Crippen molar-refractivity contribution in [2.45, 2.75) is 20.3 Å². The van der Waals surface area contributed by atoms with Crippen LogP contribution in [-0.2, 0) is 0 Å². The maximum Gasteiger partial charge on any atom is 0.0576 e. The average molecular weight is 190 g/mol. The summed E-state index contributed by atoms with van der Waals surface area (Å²) in [7, 11) is 0. The molecule has 0 radical (unpaired) electrons. The van der Waals surface area contributed by atoms with Crippen molar-refractivity contribution in [1.29, 1.82) is 0 Å². The highest BCUT2D eigenvalue weighted by atomic mass is 14.9. The van der Waals surface area contributed by atoms with Gasteiger partial charge in [0, 0.05) is 6.54 Å². The normalized spacial score (nSPS) is 9.86. The minimum atomic E-state index is 0.795. The van der Waals surface area contributed by atoms with E-state index in [1.807, 2.05) is 25.1 Å². The monoisotopic (exact) mass is 190 g/mol. The summed E-state index contributed by atoms with van der Waals surface area (Å²) in [5.74, 6) is 0. The summed E-state index contributed by atoms with van der Waals surface area (Å²) in [4.78, 5) is 0. The molecular weight excluding hydrogens is 172 g/mol. The molecule has 0 spiro atoms. The van der Waals surface area contributed by atoms with Crippen molar-refractivity contribution in [1.82, 2.24) is 0 Å². The first-order valence-corrected chi connectivity index (χ1v) is 4.90. The minimum Gasteiger partial charge on any atom is -0.397 e. The predicted octanol–water partition coefficient (Wildman–Crippen LogP) is 2.96. The molecule has 0 aromatic heterocycles. The lowest BCUT2D eigenvalue weighted by molar-refractivity contribution is 1.05. The maximum absolute atomic E-state index is 5.86. The van der Waals surface area contributed by atoms with E-state index >= 15 is 0 Å². The fourth-order valence-electron chi connectivity index (χ4n) is 1.19. The molecule has 0 unspecified atom stereocenters. The Morgan fingerprint density at radius 2 is 2.21 bits per heavy atom. The molecule has 0 atom stereocenters. The van der Waals surface area contributed by atoms with Gasteiger partial charge in [0.15, 0.2) is 0 Å². The zero-order valence-corrected chi connectivity index (χ0v) is 8.93. The average Bonchev–Trinajstić information content (AvgIpc) is 2.16. The van der Waals surface area contributed by atoms with Gasteiger partial charge in [-0.25, -0.2) is 0 Å². The molecule has 14 heavy (non-hydrogen) atoms. The van der Waals surface area contributed by atoms with E-state index in [1.54, 1.807) is 0 Å². The molecule has 0 aliphatic carbocycles. The smallest absolute Gasteiger partial charge is 0.0576 e. The Morgan fingerprint density at radius 3 is 2.79 bits per heavy atom. The van der Waals surface area contributed by atoms with Gasteiger partial charge in [-0.05, 0) is 31.0 Å². The van der Waals surface area contributed by atoms with Crippen LogP contribution >= 0.6 is 0 Å². The van der Waals surface area contributed by atoms with Crippen molar-refractivity contribution in [3.8, 4) is 0 Å². The van der Waals surface area contributed by atoms with Crippen molar-refractivity contribution in [2.24, 2.45) is 0 Å². The van der Waals surface area contributed by atoms with Gasteiger partial charge < -0.3 is 11.1 Å². The summed E-state index contributed by atoms with van der Waals surface area (Å²) >= 11 is 0. The zero-order chi connectivity index (χ0) is 10.6. The first kappa shape index (κ1) is 10.6. The fourth-order valence-corrected chi connectivity index (χ4v) is 1.19. The first-order chi connectivity index (χ1) is 6.63. The van der Waals surface area contributed by atoms with E-state index in [9.17, 15) is 0 Å². The van der Waals surface area contributed by atoms with Crippen LogP contribution in [0.5, 0.6) is 0 Å². The number of hydrogen-bond donors (Lipinski definition) is 2. The lowest BCUT2D eigenvalue weighted by Gasteiger charge is -2.10. The highest BCUT2D eigenvalue weighted by Gasteiger charge is 1.98. The molecule has 0 aliphatic heterocycles. The van der Waals surface area contributed by atoms with Crippen LogP contribution in [0, 0.1) is 6.92 Å². The second kappa shape index (κ2) is 4.70. The van der Waals surface area contributed by atoms with Crippen LogP contribution in [0.15, 0.2) is 30.4 Å². The number of hydrogen-bond acceptors (Lipinski definition) is 2. The highest BCUT2D eigenvalue weighted by molar-refractivity contribution is 5.67. The van der Waals surface area contributed by atoms with Gasteiger partial charge in [0.05, 0.1) is 11.4 Å². The fraction of sp³-hybridized carbons (Fsp3) is 0.333. The van der Waals surface area contributed by atoms with Gasteiger partial charge in [0.2, 0.25) is 0 Å². The van der Waals surface area contributed by atoms with Crippen molar-refractivity contribution >= 4 is 11.4 Å². The third kappa shape index (κ3) is 2.80. The van der Waals surface area contributed by atoms with Gasteiger partial charge in [-0.15, -0.1) is 0 Å². The zero-order valence-electron chi connectivity index (χ0n) is 8.93. The van der Waals surface area contributed by atoms with Crippen molar-refractivity contribution in [2.75, 3.05) is 17.6 Å². The van der Waals surface area contributed by atoms with Crippen molar-refractivity contribution < 1.29 is 0 Å². The van der Waals surface area contributed by atoms with E-state index < -0.39 is 0 Å². The van der Waals surface area contributed by atoms with Gasteiger partial charge in [-0.3, -0.25) is 0 Å². The standard InChI is InChI=1S/C12H18N2/c1-4-9(2)8-14-12-6-5-10(3)7-11(12)13/h5-7,14H,2,4,8,13H2,1,3H3. The third-order valence-corrected chi connectivity index (χ3v) is 2.24. The predicted molar refractivity (Wildman–Crippen MR) is 63.5 cm³/mol. The van der Waals surface area contributed by atoms with Crippen LogP contribution in [-0.4, -0.2) is 6.54 Å². The molecule has 1 aromatic carbocycles. The number of anilines is 2. The van der Waals surface area contributed by atoms with E-state index in [0.29, 0.717) is 0 Å². The maximum atomic E-state index is 5.86. The second-order valence-electron chi connectivity index (χ2n) is 3.55. The summed E-state index contributed by atoms with van der Waals surface area (Å²) in [6, 6.07) is 6.03. The molecule has 0 aliphatic rings. The van der Waals surface area contributed by atoms with Crippen LogP contribution in [0.25, 0.3) is 0 Å². The second-order valence-corrected chi connectivity index (χ2v) is 3.55. The van der Waals surface area contributed by atoms with Gasteiger partial charge >= 0.3 is 0 Å². The Labute approximate surface area is 85.8 Å². The van der Waals surface area contributed by atoms with Crippen molar-refractivity contribution in [3.05, 3.63) is 35.9 Å². The van der Waals surface area contributed by atoms with Crippen LogP contribution < -0.4 is 11.1 Å². The lowest BCUT2D eigenvalue weighted by atomic mass is 10.2. The Balaban J connectivity index is 2.63. The third-order valence-electron chi connectivity index (χ3n) is 2.24. The number of aryl methyl sites for hydroxylation is 1. The molecule has 76 valence electrons. The SMILES string of the molecule is C=C(CC)CNc1ccc(C)cc1N. The van der Waals surface area contributed by atoms with Gasteiger partial charge in [0.1, 0.15) is 0 Å². The van der Waals surface area contributed by atoms with Crippen molar-refractivity contribution in [3.63, 3.8) is 0 Å². The lowest BCUT2D eigenvalue weighted by Crippen LogP contribution is -2.05. The van der Waals surface area contributed by atoms with E-state index in [4.69, 9.17) is 5.73 Å². The summed E-state index contributed by atoms with van der Waals surface area (Å²) in [6.45, 7) is 8.86. The van der Waals surface area contributed by atoms with Crippen LogP contribution in [0.1, 0.15) is 18.9 Å². The summed E-state index contributed by atoms with van der Waals surface area (Å²) in [5.41, 5.74) is 10.0. The quantitative estimate of drug-likeness (QED) is 0.566. The number of rotatable bonds is 4. The molecule has 0 amide bonds. The van der Waals surface area contributed by atoms with Gasteiger partial charge in [-0.2, -0.15) is 0 Å². The molecule has 0 bridgehead atoms. The molecular formula is C12H18N2. The Hall–Kier alpha value is -1.44. The van der Waals surface area contributed by atoms with E-state index in [1.165, 1.54) is 11.1 Å². The minimum absolute atomic E-state index is 0.795. The summed E-state index contributed by atoms with van der Waals surface area (Å²) < 4.78 is 0. The van der Waals surface area contributed by atoms with Crippen LogP contribution in [0.4, 0.5) is 11.4 Å². The molecule has 0 saturated heterocycles. The number of nitrogen functional groups attached to an aromatic ring is 1. The molecule has 0 saturated carbocycles. The highest BCUT2D eigenvalue weighted by Crippen LogP contribution is 2.19. The number of nitrogens with one attached hydrogen (secondary N) is 1. The van der Waals surface area contributed by atoms with E-state index in [0.717, 1.165) is 24.3 Å².